The van der Waals surface area contributed by atoms with Gasteiger partial charge < -0.3 is 20.4 Å². The molecule has 3 N–H and O–H groups in total. The Morgan fingerprint density at radius 3 is 2.36 bits per heavy atom. The van der Waals surface area contributed by atoms with E-state index in [1.54, 1.807) is 36.4 Å². The summed E-state index contributed by atoms with van der Waals surface area (Å²) in [6.45, 7) is 2.02. The largest absolute Gasteiger partial charge is 0.459 e. The number of benzene rings is 1. The van der Waals surface area contributed by atoms with Crippen molar-refractivity contribution in [3.8, 4) is 0 Å². The van der Waals surface area contributed by atoms with E-state index in [1.807, 2.05) is 0 Å². The van der Waals surface area contributed by atoms with E-state index in [1.165, 1.54) is 6.26 Å². The molecule has 1 spiro atoms. The zero-order valence-corrected chi connectivity index (χ0v) is 13.9. The molecule has 0 bridgehead atoms. The van der Waals surface area contributed by atoms with E-state index in [0.29, 0.717) is 5.69 Å². The minimum Gasteiger partial charge on any atom is -0.459 e. The van der Waals surface area contributed by atoms with Crippen molar-refractivity contribution in [2.45, 2.75) is 19.3 Å². The summed E-state index contributed by atoms with van der Waals surface area (Å²) >= 11 is 0. The molecule has 2 aliphatic rings. The van der Waals surface area contributed by atoms with Gasteiger partial charge in [-0.05, 0) is 74.2 Å². The van der Waals surface area contributed by atoms with E-state index in [4.69, 9.17) is 4.42 Å². The average molecular weight is 339 g/mol. The Hall–Kier alpha value is -2.60. The molecule has 130 valence electrons. The number of anilines is 2. The summed E-state index contributed by atoms with van der Waals surface area (Å²) < 4.78 is 5.06. The van der Waals surface area contributed by atoms with Crippen molar-refractivity contribution in [2.24, 2.45) is 11.3 Å². The first-order valence-electron chi connectivity index (χ1n) is 8.63. The van der Waals surface area contributed by atoms with E-state index in [-0.39, 0.29) is 28.9 Å². The van der Waals surface area contributed by atoms with Gasteiger partial charge in [0.25, 0.3) is 5.91 Å². The molecule has 1 saturated heterocycles. The van der Waals surface area contributed by atoms with Crippen LogP contribution in [0.5, 0.6) is 0 Å². The fourth-order valence-corrected chi connectivity index (χ4v) is 3.66. The normalized spacial score (nSPS) is 20.9. The van der Waals surface area contributed by atoms with E-state index >= 15 is 0 Å². The van der Waals surface area contributed by atoms with E-state index < -0.39 is 0 Å². The van der Waals surface area contributed by atoms with Crippen LogP contribution in [-0.4, -0.2) is 24.9 Å². The Labute approximate surface area is 146 Å². The first kappa shape index (κ1) is 15.9. The third-order valence-corrected chi connectivity index (χ3v) is 5.26. The number of carbonyl (C=O) groups excluding carboxylic acids is 2. The number of hydrogen-bond donors (Lipinski definition) is 3. The van der Waals surface area contributed by atoms with Crippen molar-refractivity contribution in [3.63, 3.8) is 0 Å². The third-order valence-electron chi connectivity index (χ3n) is 5.26. The fraction of sp³-hybridized carbons (Fsp3) is 0.368. The molecular weight excluding hydrogens is 318 g/mol. The van der Waals surface area contributed by atoms with Gasteiger partial charge in [-0.15, -0.1) is 0 Å². The highest BCUT2D eigenvalue weighted by molar-refractivity contribution is 6.02. The van der Waals surface area contributed by atoms with Gasteiger partial charge >= 0.3 is 0 Å². The number of piperidine rings is 1. The third kappa shape index (κ3) is 3.30. The molecule has 2 aromatic rings. The first-order valence-corrected chi connectivity index (χ1v) is 8.63. The second-order valence-corrected chi connectivity index (χ2v) is 6.87. The summed E-state index contributed by atoms with van der Waals surface area (Å²) in [4.78, 5) is 24.4. The lowest BCUT2D eigenvalue weighted by atomic mass is 9.92. The van der Waals surface area contributed by atoms with Gasteiger partial charge in [-0.25, -0.2) is 0 Å². The average Bonchev–Trinajstić information content (AvgIpc) is 3.07. The Balaban J connectivity index is 1.33. The van der Waals surface area contributed by atoms with Gasteiger partial charge in [0.1, 0.15) is 0 Å². The maximum Gasteiger partial charge on any atom is 0.291 e. The van der Waals surface area contributed by atoms with Gasteiger partial charge in [0.15, 0.2) is 5.76 Å². The molecule has 2 amide bonds. The van der Waals surface area contributed by atoms with Crippen LogP contribution in [0, 0.1) is 11.3 Å². The summed E-state index contributed by atoms with van der Waals surface area (Å²) in [7, 11) is 0. The molecule has 0 radical (unpaired) electrons. The Bertz CT molecular complexity index is 762. The minimum absolute atomic E-state index is 0.106. The molecule has 6 heteroatoms. The first-order chi connectivity index (χ1) is 12.2. The number of nitrogens with one attached hydrogen (secondary N) is 3. The van der Waals surface area contributed by atoms with Crippen LogP contribution in [0.15, 0.2) is 47.1 Å². The highest BCUT2D eigenvalue weighted by Crippen LogP contribution is 2.58. The zero-order chi connectivity index (χ0) is 17.3. The maximum atomic E-state index is 12.5. The highest BCUT2D eigenvalue weighted by atomic mass is 16.3. The molecule has 6 nitrogen and oxygen atoms in total. The summed E-state index contributed by atoms with van der Waals surface area (Å²) in [5.41, 5.74) is 1.63. The summed E-state index contributed by atoms with van der Waals surface area (Å²) in [5.74, 6) is 0.202. The number of furan rings is 1. The van der Waals surface area contributed by atoms with Crippen LogP contribution < -0.4 is 16.0 Å². The predicted octanol–water partition coefficient (Wildman–Crippen LogP) is 2.86. The summed E-state index contributed by atoms with van der Waals surface area (Å²) in [6, 6.07) is 10.4. The molecule has 1 atom stereocenters. The fourth-order valence-electron chi connectivity index (χ4n) is 3.66. The van der Waals surface area contributed by atoms with E-state index in [0.717, 1.165) is 38.0 Å². The molecular formula is C19H21N3O3. The lowest BCUT2D eigenvalue weighted by molar-refractivity contribution is -0.118. The van der Waals surface area contributed by atoms with Crippen LogP contribution >= 0.6 is 0 Å². The standard InChI is InChI=1S/C19H21N3O3/c23-17(15-12-19(15)7-9-20-10-8-19)21-13-3-5-14(6-4-13)22-18(24)16-2-1-11-25-16/h1-6,11,15,20H,7-10,12H2,(H,21,23)(H,22,24). The van der Waals surface area contributed by atoms with Crippen molar-refractivity contribution in [2.75, 3.05) is 23.7 Å². The van der Waals surface area contributed by atoms with Crippen molar-refractivity contribution >= 4 is 23.2 Å². The molecule has 2 fully saturated rings. The molecule has 1 aliphatic heterocycles. The number of hydrogen-bond acceptors (Lipinski definition) is 4. The lowest BCUT2D eigenvalue weighted by Crippen LogP contribution is -2.31. The van der Waals surface area contributed by atoms with Gasteiger partial charge in [0.2, 0.25) is 5.91 Å². The van der Waals surface area contributed by atoms with Crippen LogP contribution in [0.4, 0.5) is 11.4 Å². The summed E-state index contributed by atoms with van der Waals surface area (Å²) in [5, 5.41) is 9.10. The monoisotopic (exact) mass is 339 g/mol. The minimum atomic E-state index is -0.299. The molecule has 2 heterocycles. The van der Waals surface area contributed by atoms with Crippen molar-refractivity contribution in [3.05, 3.63) is 48.4 Å². The van der Waals surface area contributed by atoms with Gasteiger partial charge in [-0.1, -0.05) is 0 Å². The highest BCUT2D eigenvalue weighted by Gasteiger charge is 2.57. The van der Waals surface area contributed by atoms with Gasteiger partial charge in [0, 0.05) is 17.3 Å². The molecule has 1 unspecified atom stereocenters. The van der Waals surface area contributed by atoms with Gasteiger partial charge in [0.05, 0.1) is 6.26 Å². The predicted molar refractivity (Wildman–Crippen MR) is 94.4 cm³/mol. The smallest absolute Gasteiger partial charge is 0.291 e. The quantitative estimate of drug-likeness (QED) is 0.800. The number of carbonyl (C=O) groups is 2. The Morgan fingerprint density at radius 2 is 1.72 bits per heavy atom. The lowest BCUT2D eigenvalue weighted by Gasteiger charge is -2.23. The number of amides is 2. The topological polar surface area (TPSA) is 83.4 Å². The van der Waals surface area contributed by atoms with Crippen molar-refractivity contribution in [1.29, 1.82) is 0 Å². The van der Waals surface area contributed by atoms with E-state index in [2.05, 4.69) is 16.0 Å². The van der Waals surface area contributed by atoms with Crippen LogP contribution in [-0.2, 0) is 4.79 Å². The second-order valence-electron chi connectivity index (χ2n) is 6.87. The van der Waals surface area contributed by atoms with Gasteiger partial charge in [-0.3, -0.25) is 9.59 Å². The van der Waals surface area contributed by atoms with Crippen LogP contribution in [0.1, 0.15) is 29.8 Å². The molecule has 25 heavy (non-hydrogen) atoms. The SMILES string of the molecule is O=C(Nc1ccc(NC(=O)C2CC23CCNCC3)cc1)c1ccco1. The second kappa shape index (κ2) is 6.37. The van der Waals surface area contributed by atoms with Crippen LogP contribution in [0.2, 0.25) is 0 Å². The van der Waals surface area contributed by atoms with Crippen LogP contribution in [0.25, 0.3) is 0 Å². The number of rotatable bonds is 4. The maximum absolute atomic E-state index is 12.5. The molecule has 1 aliphatic carbocycles. The Kier molecular flexibility index (Phi) is 4.05. The molecule has 1 aromatic heterocycles. The zero-order valence-electron chi connectivity index (χ0n) is 13.9. The molecule has 1 saturated carbocycles. The van der Waals surface area contributed by atoms with Crippen molar-refractivity contribution in [1.82, 2.24) is 5.32 Å². The van der Waals surface area contributed by atoms with Crippen molar-refractivity contribution < 1.29 is 14.0 Å². The molecule has 1 aromatic carbocycles. The van der Waals surface area contributed by atoms with Crippen LogP contribution in [0.3, 0.4) is 0 Å². The van der Waals surface area contributed by atoms with E-state index in [9.17, 15) is 9.59 Å². The molecule has 4 rings (SSSR count). The Morgan fingerprint density at radius 1 is 1.04 bits per heavy atom. The summed E-state index contributed by atoms with van der Waals surface area (Å²) in [6.07, 6.45) is 4.63. The van der Waals surface area contributed by atoms with Gasteiger partial charge in [-0.2, -0.15) is 0 Å².